The minimum absolute atomic E-state index is 0.0245. The predicted octanol–water partition coefficient (Wildman–Crippen LogP) is 1.96. The van der Waals surface area contributed by atoms with Gasteiger partial charge in [0.2, 0.25) is 23.4 Å². The van der Waals surface area contributed by atoms with Gasteiger partial charge in [0.1, 0.15) is 56.5 Å². The highest BCUT2D eigenvalue weighted by Crippen LogP contribution is 2.35. The number of imidazole rings is 2. The number of nitrogens with zero attached hydrogens (tertiary/aromatic N) is 7. The number of hydrogen-bond acceptors (Lipinski definition) is 22. The molecule has 2 amide bonds. The average molecular weight is 1150 g/mol. The zero-order valence-electron chi connectivity index (χ0n) is 43.3. The lowest BCUT2D eigenvalue weighted by atomic mass is 10.1. The zero-order chi connectivity index (χ0) is 58.1. The van der Waals surface area contributed by atoms with Crippen molar-refractivity contribution in [1.82, 2.24) is 39.0 Å². The van der Waals surface area contributed by atoms with Crippen LogP contribution < -0.4 is 16.2 Å². The normalized spacial score (nSPS) is 21.3. The number of rotatable bonds is 29. The first-order valence-electron chi connectivity index (χ1n) is 24.9. The van der Waals surface area contributed by atoms with E-state index in [1.165, 1.54) is 28.1 Å². The molecule has 2 aliphatic heterocycles. The molecule has 440 valence electrons. The number of alkyl halides is 5. The predicted molar refractivity (Wildman–Crippen MR) is 264 cm³/mol. The summed E-state index contributed by atoms with van der Waals surface area (Å²) >= 11 is 0. The van der Waals surface area contributed by atoms with Gasteiger partial charge in [-0.3, -0.25) is 43.4 Å². The molecule has 80 heavy (non-hydrogen) atoms. The van der Waals surface area contributed by atoms with E-state index in [-0.39, 0.29) is 118 Å². The van der Waals surface area contributed by atoms with E-state index in [1.54, 1.807) is 44.2 Å². The first-order chi connectivity index (χ1) is 38.1. The molecule has 0 aliphatic carbocycles. The molecule has 4 aromatic heterocycles. The van der Waals surface area contributed by atoms with Crippen molar-refractivity contribution >= 4 is 57.5 Å². The Hall–Kier alpha value is -6.43. The second-order valence-corrected chi connectivity index (χ2v) is 18.2. The molecule has 7 rings (SSSR count). The molecular formula is C48H61F5N10O17. The van der Waals surface area contributed by atoms with Gasteiger partial charge in [0, 0.05) is 44.5 Å². The maximum absolute atomic E-state index is 12.8. The second kappa shape index (κ2) is 29.3. The Labute approximate surface area is 451 Å². The molecule has 27 nitrogen and oxygen atoms in total. The number of ketones is 2. The van der Waals surface area contributed by atoms with Crippen LogP contribution in [0.25, 0.3) is 22.3 Å². The summed E-state index contributed by atoms with van der Waals surface area (Å²) in [5, 5.41) is 45.8. The molecule has 1 aromatic carbocycles. The fourth-order valence-electron chi connectivity index (χ4n) is 7.72. The number of carbonyl (C=O) groups excluding carboxylic acids is 4. The number of ether oxygens (including phenoxy) is 8. The molecule has 0 radical (unpaired) electrons. The SMILES string of the molecule is CC(C)C(=O)Nc1nc2c(ncn2[C@@H]2O[C@H](CO)C(O)[C@@H]2OCOCCOCCCC(=O)C(C)(F)F)c(=O)[nH]1.O=C(Nc1ncnc2c1ncn2[C@@H]1O[C@H](CO)C(O)[C@@H]1OCOCCOCCCC(=O)C(F)(F)F)c1ccccc1. The summed E-state index contributed by atoms with van der Waals surface area (Å²) in [4.78, 5) is 82.6. The Morgan fingerprint density at radius 1 is 0.713 bits per heavy atom. The van der Waals surface area contributed by atoms with Crippen LogP contribution in [0.5, 0.6) is 0 Å². The van der Waals surface area contributed by atoms with Crippen LogP contribution in [0.2, 0.25) is 0 Å². The highest BCUT2D eigenvalue weighted by Gasteiger charge is 2.47. The highest BCUT2D eigenvalue weighted by atomic mass is 19.4. The standard InChI is InChI=1S/C25H28F3N5O8.C23H33F2N5O9/c26-25(27,28)17(35)7-4-8-38-9-10-39-14-40-20-19(36)16(11-34)41-24(20)33-13-31-18-21(29-12-30-22(18)33)32-23(37)15-5-2-1-3-6-15;1-12(2)19(34)28-22-27-18-15(20(35)29-22)26-10-30(18)21-17(16(33)13(9-31)39-21)38-11-37-8-7-36-6-4-5-14(32)23(3,24)25/h1-3,5-6,12-13,16,19-20,24,34,36H,4,7-11,14H2,(H,29,30,32,37);10,12-13,16-17,21,31,33H,4-9,11H2,1-3H3,(H2,27,28,29,34,35)/t16-,19?,20+,24-;13-,16?,17+,21-/m11/s1. The van der Waals surface area contributed by atoms with Crippen LogP contribution in [0, 0.1) is 5.92 Å². The third kappa shape index (κ3) is 16.8. The Morgan fingerprint density at radius 2 is 1.24 bits per heavy atom. The van der Waals surface area contributed by atoms with E-state index in [0.29, 0.717) is 12.5 Å². The van der Waals surface area contributed by atoms with E-state index in [0.717, 1.165) is 0 Å². The van der Waals surface area contributed by atoms with E-state index in [4.69, 9.17) is 37.9 Å². The number of Topliss-reactive ketones (excluding diaryl/α,β-unsaturated/α-hetero) is 2. The Balaban J connectivity index is 0.000000258. The molecule has 2 fully saturated rings. The molecule has 5 aromatic rings. The number of nitrogens with one attached hydrogen (secondary N) is 3. The highest BCUT2D eigenvalue weighted by molar-refractivity contribution is 6.06. The number of benzene rings is 1. The van der Waals surface area contributed by atoms with Crippen LogP contribution in [0.15, 0.2) is 54.1 Å². The fraction of sp³-hybridized carbons (Fsp3) is 0.583. The molecular weight excluding hydrogens is 1080 g/mol. The fourth-order valence-corrected chi connectivity index (χ4v) is 7.72. The van der Waals surface area contributed by atoms with E-state index in [1.807, 2.05) is 0 Å². The third-order valence-electron chi connectivity index (χ3n) is 12.0. The number of carbonyl (C=O) groups is 4. The molecule has 7 N–H and O–H groups in total. The van der Waals surface area contributed by atoms with E-state index < -0.39 is 104 Å². The number of amides is 2. The van der Waals surface area contributed by atoms with Gasteiger partial charge >= 0.3 is 12.1 Å². The lowest BCUT2D eigenvalue weighted by molar-refractivity contribution is -0.171. The summed E-state index contributed by atoms with van der Waals surface area (Å²) in [6.45, 7) is 2.56. The summed E-state index contributed by atoms with van der Waals surface area (Å²) in [5.41, 5.74) is 0.346. The summed E-state index contributed by atoms with van der Waals surface area (Å²) in [6.07, 6.45) is -10.5. The smallest absolute Gasteiger partial charge is 0.394 e. The molecule has 0 spiro atoms. The average Bonchev–Trinajstić information content (AvgIpc) is 4.23. The number of aliphatic hydroxyl groups excluding tert-OH is 4. The maximum atomic E-state index is 12.8. The number of halogens is 5. The molecule has 2 unspecified atom stereocenters. The third-order valence-corrected chi connectivity index (χ3v) is 12.0. The number of anilines is 2. The number of aromatic nitrogens is 8. The largest absolute Gasteiger partial charge is 0.449 e. The number of H-pyrrole nitrogens is 1. The van der Waals surface area contributed by atoms with Crippen LogP contribution >= 0.6 is 0 Å². The second-order valence-electron chi connectivity index (χ2n) is 18.2. The van der Waals surface area contributed by atoms with E-state index in [2.05, 4.69) is 40.5 Å². The van der Waals surface area contributed by atoms with Crippen molar-refractivity contribution in [3.05, 3.63) is 65.2 Å². The van der Waals surface area contributed by atoms with E-state index >= 15 is 0 Å². The summed E-state index contributed by atoms with van der Waals surface area (Å²) < 4.78 is 109. The Kier molecular flexibility index (Phi) is 23.0. The topological polar surface area (TPSA) is 354 Å². The number of aromatic amines is 1. The first-order valence-corrected chi connectivity index (χ1v) is 24.9. The van der Waals surface area contributed by atoms with Crippen molar-refractivity contribution < 1.29 is 99.5 Å². The van der Waals surface area contributed by atoms with Crippen molar-refractivity contribution in [2.45, 2.75) is 108 Å². The Morgan fingerprint density at radius 3 is 1.76 bits per heavy atom. The van der Waals surface area contributed by atoms with Crippen LogP contribution in [-0.2, 0) is 52.3 Å². The molecule has 6 heterocycles. The number of hydrogen-bond donors (Lipinski definition) is 7. The van der Waals surface area contributed by atoms with Gasteiger partial charge in [0.15, 0.2) is 40.6 Å². The van der Waals surface area contributed by atoms with Gasteiger partial charge in [-0.05, 0) is 25.0 Å². The lowest BCUT2D eigenvalue weighted by Gasteiger charge is -2.22. The summed E-state index contributed by atoms with van der Waals surface area (Å²) in [7, 11) is 0. The van der Waals surface area contributed by atoms with Gasteiger partial charge in [-0.15, -0.1) is 0 Å². The minimum atomic E-state index is -4.85. The molecule has 0 bridgehead atoms. The number of fused-ring (bicyclic) bond motifs is 2. The monoisotopic (exact) mass is 1140 g/mol. The first kappa shape index (κ1) is 62.8. The van der Waals surface area contributed by atoms with Gasteiger partial charge in [-0.25, -0.2) is 19.9 Å². The quantitative estimate of drug-likeness (QED) is 0.0204. The van der Waals surface area contributed by atoms with Crippen molar-refractivity contribution in [3.8, 4) is 0 Å². The maximum Gasteiger partial charge on any atom is 0.449 e. The molecule has 2 saturated heterocycles. The minimum Gasteiger partial charge on any atom is -0.394 e. The van der Waals surface area contributed by atoms with Crippen LogP contribution in [0.3, 0.4) is 0 Å². The molecule has 2 aliphatic rings. The van der Waals surface area contributed by atoms with Gasteiger partial charge in [0.25, 0.3) is 11.5 Å². The van der Waals surface area contributed by atoms with Crippen molar-refractivity contribution in [2.24, 2.45) is 5.92 Å². The number of aliphatic hydroxyl groups is 4. The lowest BCUT2D eigenvalue weighted by Crippen LogP contribution is -2.36. The van der Waals surface area contributed by atoms with E-state index in [9.17, 15) is 66.4 Å². The van der Waals surface area contributed by atoms with Crippen molar-refractivity contribution in [1.29, 1.82) is 0 Å². The molecule has 8 atom stereocenters. The summed E-state index contributed by atoms with van der Waals surface area (Å²) in [6, 6.07) is 8.52. The van der Waals surface area contributed by atoms with Crippen LogP contribution in [0.1, 0.15) is 69.3 Å². The van der Waals surface area contributed by atoms with Crippen LogP contribution in [0.4, 0.5) is 33.7 Å². The van der Waals surface area contributed by atoms with Gasteiger partial charge in [-0.2, -0.15) is 26.9 Å². The zero-order valence-corrected chi connectivity index (χ0v) is 43.3. The van der Waals surface area contributed by atoms with Crippen molar-refractivity contribution in [2.75, 3.05) is 77.1 Å². The molecule has 32 heteroatoms. The Bertz CT molecular complexity index is 2870. The van der Waals surface area contributed by atoms with Gasteiger partial charge in [-0.1, -0.05) is 32.0 Å². The summed E-state index contributed by atoms with van der Waals surface area (Å²) in [5.74, 6) is -7.38. The van der Waals surface area contributed by atoms with Gasteiger partial charge in [0.05, 0.1) is 52.3 Å². The van der Waals surface area contributed by atoms with Gasteiger partial charge < -0.3 is 63.6 Å². The van der Waals surface area contributed by atoms with Crippen molar-refractivity contribution in [3.63, 3.8) is 0 Å². The van der Waals surface area contributed by atoms with Crippen LogP contribution in [-0.4, -0.2) is 198 Å². The molecule has 0 saturated carbocycles.